The first kappa shape index (κ1) is 24.0. The lowest BCUT2D eigenvalue weighted by Crippen LogP contribution is -2.57. The highest BCUT2D eigenvalue weighted by Gasteiger charge is 2.67. The van der Waals surface area contributed by atoms with E-state index < -0.39 is 11.0 Å². The van der Waals surface area contributed by atoms with Crippen LogP contribution in [0.1, 0.15) is 77.2 Å². The number of benzene rings is 1. The Kier molecular flexibility index (Phi) is 5.81. The fraction of sp³-hybridized carbons (Fsp3) is 0.567. The van der Waals surface area contributed by atoms with Gasteiger partial charge in [0.2, 0.25) is 0 Å². The number of anilines is 1. The Morgan fingerprint density at radius 2 is 1.74 bits per heavy atom. The number of allylic oxidation sites excluding steroid dienone is 4. The number of carbonyl (C=O) groups is 3. The van der Waals surface area contributed by atoms with Crippen molar-refractivity contribution in [1.29, 1.82) is 0 Å². The predicted octanol–water partition coefficient (Wildman–Crippen LogP) is 5.54. The van der Waals surface area contributed by atoms with Crippen molar-refractivity contribution in [3.05, 3.63) is 52.6 Å². The number of carbonyl (C=O) groups excluding carboxylic acids is 3. The maximum atomic E-state index is 13.2. The minimum Gasteiger partial charge on any atom is -0.451 e. The molecule has 4 aliphatic rings. The van der Waals surface area contributed by atoms with Crippen LogP contribution in [0.25, 0.3) is 0 Å². The molecule has 0 heterocycles. The van der Waals surface area contributed by atoms with Crippen LogP contribution in [0.3, 0.4) is 0 Å². The van der Waals surface area contributed by atoms with Gasteiger partial charge in [0.25, 0.3) is 0 Å². The summed E-state index contributed by atoms with van der Waals surface area (Å²) >= 11 is 0. The first-order chi connectivity index (χ1) is 16.6. The normalized spacial score (nSPS) is 33.9. The highest BCUT2D eigenvalue weighted by atomic mass is 16.6. The average Bonchev–Trinajstić information content (AvgIpc) is 3.10. The smallest absolute Gasteiger partial charge is 0.303 e. The van der Waals surface area contributed by atoms with E-state index in [0.717, 1.165) is 37.8 Å². The summed E-state index contributed by atoms with van der Waals surface area (Å²) in [4.78, 5) is 39.8. The van der Waals surface area contributed by atoms with Crippen LogP contribution in [0.5, 0.6) is 0 Å². The molecule has 0 N–H and O–H groups in total. The van der Waals surface area contributed by atoms with Gasteiger partial charge in [-0.3, -0.25) is 14.4 Å². The Hall–Kier alpha value is -2.69. The van der Waals surface area contributed by atoms with Crippen molar-refractivity contribution in [3.63, 3.8) is 0 Å². The zero-order chi connectivity index (χ0) is 25.1. The number of rotatable bonds is 4. The molecule has 1 aromatic carbocycles. The van der Waals surface area contributed by atoms with Gasteiger partial charge in [-0.2, -0.15) is 0 Å². The van der Waals surface area contributed by atoms with Crippen molar-refractivity contribution in [2.45, 2.75) is 77.2 Å². The second-order valence-electron chi connectivity index (χ2n) is 11.5. The molecule has 2 saturated carbocycles. The second-order valence-corrected chi connectivity index (χ2v) is 11.5. The van der Waals surface area contributed by atoms with Gasteiger partial charge in [-0.05, 0) is 92.2 Å². The Balaban J connectivity index is 1.68. The summed E-state index contributed by atoms with van der Waals surface area (Å²) in [7, 11) is 4.08. The van der Waals surface area contributed by atoms with E-state index in [0.29, 0.717) is 18.8 Å². The minimum atomic E-state index is -1.07. The lowest BCUT2D eigenvalue weighted by Gasteiger charge is -2.55. The molecule has 0 radical (unpaired) electrons. The third-order valence-corrected chi connectivity index (χ3v) is 9.55. The summed E-state index contributed by atoms with van der Waals surface area (Å²) in [5.74, 6) is 0.584. The Bertz CT molecular complexity index is 1140. The van der Waals surface area contributed by atoms with E-state index in [1.165, 1.54) is 29.2 Å². The molecule has 35 heavy (non-hydrogen) atoms. The second kappa shape index (κ2) is 8.46. The van der Waals surface area contributed by atoms with Gasteiger partial charge in [0.1, 0.15) is 0 Å². The van der Waals surface area contributed by atoms with E-state index in [2.05, 4.69) is 36.1 Å². The Labute approximate surface area is 208 Å². The van der Waals surface area contributed by atoms with Gasteiger partial charge < -0.3 is 9.64 Å². The van der Waals surface area contributed by atoms with Gasteiger partial charge in [-0.15, -0.1) is 0 Å². The molecule has 5 atom stereocenters. The molecule has 5 rings (SSSR count). The zero-order valence-electron chi connectivity index (χ0n) is 21.6. The fourth-order valence-electron chi connectivity index (χ4n) is 8.02. The lowest BCUT2D eigenvalue weighted by molar-refractivity contribution is -0.182. The number of Topliss-reactive ketones (excluding diaryl/α,β-unsaturated/α-hetero) is 1. The highest BCUT2D eigenvalue weighted by Crippen LogP contribution is 2.67. The number of ether oxygens (including phenoxy) is 1. The minimum absolute atomic E-state index is 0.0323. The van der Waals surface area contributed by atoms with Gasteiger partial charge in [0.15, 0.2) is 17.2 Å². The van der Waals surface area contributed by atoms with Gasteiger partial charge in [0.05, 0.1) is 0 Å². The van der Waals surface area contributed by atoms with E-state index in [4.69, 9.17) is 4.74 Å². The quantitative estimate of drug-likeness (QED) is 0.535. The van der Waals surface area contributed by atoms with Crippen LogP contribution in [0.15, 0.2) is 47.1 Å². The van der Waals surface area contributed by atoms with Crippen molar-refractivity contribution in [3.8, 4) is 0 Å². The van der Waals surface area contributed by atoms with E-state index >= 15 is 0 Å². The largest absolute Gasteiger partial charge is 0.451 e. The summed E-state index contributed by atoms with van der Waals surface area (Å²) in [5.41, 5.74) is 4.98. The van der Waals surface area contributed by atoms with Gasteiger partial charge >= 0.3 is 5.97 Å². The van der Waals surface area contributed by atoms with E-state index in [-0.39, 0.29) is 29.4 Å². The van der Waals surface area contributed by atoms with Crippen molar-refractivity contribution < 1.29 is 19.1 Å². The number of fused-ring (bicyclic) bond motifs is 4. The van der Waals surface area contributed by atoms with Crippen molar-refractivity contribution in [2.75, 3.05) is 19.0 Å². The van der Waals surface area contributed by atoms with Crippen molar-refractivity contribution in [1.82, 2.24) is 0 Å². The molecule has 0 unspecified atom stereocenters. The molecule has 0 spiro atoms. The highest BCUT2D eigenvalue weighted by molar-refractivity contribution is 5.93. The van der Waals surface area contributed by atoms with Crippen LogP contribution in [0, 0.1) is 17.3 Å². The van der Waals surface area contributed by atoms with Crippen LogP contribution in [-0.4, -0.2) is 37.2 Å². The molecule has 0 amide bonds. The number of ketones is 2. The molecule has 1 aromatic rings. The molecular formula is C30H37NO4. The standard InChI is InChI=1S/C30H37NO4/c1-18(32)30(35-19(2)33)15-14-27-25-12-8-21-16-23(34)11-13-24(21)28(25)26(17-29(27,30)3)20-6-9-22(10-7-20)31(4)5/h6-7,9-10,16,25-27H,8,11-15,17H2,1-5H3/t25-,26+,27-,29-,30+/m1/s1. The van der Waals surface area contributed by atoms with Crippen LogP contribution in [-0.2, 0) is 19.1 Å². The molecule has 5 heteroatoms. The first-order valence-corrected chi connectivity index (χ1v) is 13.0. The molecule has 0 saturated heterocycles. The molecule has 5 nitrogen and oxygen atoms in total. The van der Waals surface area contributed by atoms with Gasteiger partial charge in [0, 0.05) is 44.5 Å². The zero-order valence-corrected chi connectivity index (χ0v) is 21.6. The Morgan fingerprint density at radius 3 is 2.37 bits per heavy atom. The van der Waals surface area contributed by atoms with Crippen LogP contribution in [0.4, 0.5) is 5.69 Å². The van der Waals surface area contributed by atoms with Crippen molar-refractivity contribution >= 4 is 23.2 Å². The Morgan fingerprint density at radius 1 is 1.03 bits per heavy atom. The summed E-state index contributed by atoms with van der Waals surface area (Å²) in [6.07, 6.45) is 7.41. The summed E-state index contributed by atoms with van der Waals surface area (Å²) in [6.45, 7) is 5.22. The molecule has 186 valence electrons. The summed E-state index contributed by atoms with van der Waals surface area (Å²) in [5, 5.41) is 0. The van der Waals surface area contributed by atoms with E-state index in [9.17, 15) is 14.4 Å². The number of esters is 1. The molecular weight excluding hydrogens is 438 g/mol. The average molecular weight is 476 g/mol. The van der Waals surface area contributed by atoms with E-state index in [1.807, 2.05) is 20.2 Å². The molecule has 0 aromatic heterocycles. The third kappa shape index (κ3) is 3.61. The SMILES string of the molecule is CC(=O)O[C@]1(C(C)=O)CC[C@@H]2[C@H]3CCC4=CC(=O)CCC4=C3[C@H](c3ccc(N(C)C)cc3)C[C@]21C. The number of nitrogens with zero attached hydrogens (tertiary/aromatic N) is 1. The van der Waals surface area contributed by atoms with Crippen LogP contribution >= 0.6 is 0 Å². The predicted molar refractivity (Wildman–Crippen MR) is 136 cm³/mol. The topological polar surface area (TPSA) is 63.7 Å². The van der Waals surface area contributed by atoms with Gasteiger partial charge in [-0.25, -0.2) is 0 Å². The van der Waals surface area contributed by atoms with Crippen LogP contribution < -0.4 is 4.90 Å². The lowest BCUT2D eigenvalue weighted by atomic mass is 9.50. The summed E-state index contributed by atoms with van der Waals surface area (Å²) < 4.78 is 6.00. The molecule has 0 aliphatic heterocycles. The van der Waals surface area contributed by atoms with Gasteiger partial charge in [-0.1, -0.05) is 24.6 Å². The van der Waals surface area contributed by atoms with Crippen molar-refractivity contribution in [2.24, 2.45) is 17.3 Å². The number of hydrogen-bond acceptors (Lipinski definition) is 5. The molecule has 0 bridgehead atoms. The van der Waals surface area contributed by atoms with E-state index in [1.54, 1.807) is 6.92 Å². The summed E-state index contributed by atoms with van der Waals surface area (Å²) in [6, 6.07) is 8.76. The number of hydrogen-bond donors (Lipinski definition) is 0. The third-order valence-electron chi connectivity index (χ3n) is 9.55. The molecule has 2 fully saturated rings. The monoisotopic (exact) mass is 475 g/mol. The fourth-order valence-corrected chi connectivity index (χ4v) is 8.02. The van der Waals surface area contributed by atoms with Crippen LogP contribution in [0.2, 0.25) is 0 Å². The maximum Gasteiger partial charge on any atom is 0.303 e. The first-order valence-electron chi connectivity index (χ1n) is 13.0. The molecule has 4 aliphatic carbocycles. The maximum absolute atomic E-state index is 13.2.